The predicted molar refractivity (Wildman–Crippen MR) is 138 cm³/mol. The van der Waals surface area contributed by atoms with Crippen molar-refractivity contribution >= 4 is 11.6 Å². The second-order valence-corrected chi connectivity index (χ2v) is 15.0. The van der Waals surface area contributed by atoms with Crippen LogP contribution < -0.4 is 0 Å². The number of allylic oxidation sites excluding steroid dienone is 2. The van der Waals surface area contributed by atoms with Gasteiger partial charge in [0.15, 0.2) is 5.78 Å². The monoisotopic (exact) mass is 481 g/mol. The third-order valence-corrected chi connectivity index (χ3v) is 12.0. The van der Waals surface area contributed by atoms with Crippen LogP contribution in [-0.4, -0.2) is 22.3 Å². The van der Waals surface area contributed by atoms with E-state index in [0.717, 1.165) is 44.9 Å². The maximum absolute atomic E-state index is 14.0. The number of ketones is 2. The molecule has 4 aliphatic carbocycles. The van der Waals surface area contributed by atoms with Gasteiger partial charge in [0.25, 0.3) is 0 Å². The van der Waals surface area contributed by atoms with E-state index in [-0.39, 0.29) is 50.8 Å². The zero-order valence-electron chi connectivity index (χ0n) is 23.4. The standard InChI is InChI=1S/C31H47NO3/c1-26(2)11-9-21-22(33)17-24-29(6)18-20(19-32)25(34)27(3,4)23(29)10-12-31(24,8)30(21,7)16-15-28(5,35)14-13-26/h18,21,23-24,35H,9-17H2,1-8H3/t21?,23-,24+,28-,29-,30+,31?/m0/s1. The van der Waals surface area contributed by atoms with E-state index >= 15 is 0 Å². The molecule has 2 unspecified atom stereocenters. The number of carbonyl (C=O) groups is 2. The molecule has 0 spiro atoms. The Morgan fingerprint density at radius 3 is 2.09 bits per heavy atom. The summed E-state index contributed by atoms with van der Waals surface area (Å²) in [5.74, 6) is 0.504. The average Bonchev–Trinajstić information content (AvgIpc) is 2.75. The fourth-order valence-corrected chi connectivity index (χ4v) is 9.25. The zero-order valence-corrected chi connectivity index (χ0v) is 23.4. The minimum Gasteiger partial charge on any atom is -0.390 e. The lowest BCUT2D eigenvalue weighted by atomic mass is 9.35. The molecule has 194 valence electrons. The van der Waals surface area contributed by atoms with Crippen molar-refractivity contribution in [2.24, 2.45) is 44.8 Å². The van der Waals surface area contributed by atoms with Crippen molar-refractivity contribution in [2.75, 3.05) is 0 Å². The number of rotatable bonds is 0. The summed E-state index contributed by atoms with van der Waals surface area (Å²) in [4.78, 5) is 27.2. The molecule has 0 amide bonds. The number of nitrogens with zero attached hydrogens (tertiary/aromatic N) is 1. The van der Waals surface area contributed by atoms with E-state index in [1.54, 1.807) is 0 Å². The molecule has 0 aromatic heterocycles. The molecule has 0 heterocycles. The molecule has 0 bridgehead atoms. The van der Waals surface area contributed by atoms with Crippen LogP contribution in [0.2, 0.25) is 0 Å². The second-order valence-electron chi connectivity index (χ2n) is 15.0. The molecular formula is C31H47NO3. The minimum atomic E-state index is -0.733. The number of hydrogen-bond donors (Lipinski definition) is 1. The Labute approximate surface area is 212 Å². The fourth-order valence-electron chi connectivity index (χ4n) is 9.25. The molecule has 0 saturated heterocycles. The molecule has 7 atom stereocenters. The molecule has 1 N–H and O–H groups in total. The summed E-state index contributed by atoms with van der Waals surface area (Å²) in [6, 6.07) is 2.20. The summed E-state index contributed by atoms with van der Waals surface area (Å²) >= 11 is 0. The molecule has 0 aromatic carbocycles. The topological polar surface area (TPSA) is 78.2 Å². The molecule has 4 rings (SSSR count). The number of carbonyl (C=O) groups excluding carboxylic acids is 2. The number of nitriles is 1. The maximum atomic E-state index is 14.0. The van der Waals surface area contributed by atoms with Gasteiger partial charge in [-0.25, -0.2) is 0 Å². The van der Waals surface area contributed by atoms with Crippen molar-refractivity contribution < 1.29 is 14.7 Å². The van der Waals surface area contributed by atoms with E-state index in [4.69, 9.17) is 0 Å². The lowest BCUT2D eigenvalue weighted by Crippen LogP contribution is -2.65. The molecule has 0 aromatic rings. The first kappa shape index (κ1) is 26.6. The van der Waals surface area contributed by atoms with Gasteiger partial charge in [-0.05, 0) is 91.8 Å². The normalized spacial score (nSPS) is 47.4. The number of fused-ring (bicyclic) bond motifs is 5. The molecular weight excluding hydrogens is 434 g/mol. The van der Waals surface area contributed by atoms with Crippen LogP contribution in [0.4, 0.5) is 0 Å². The third kappa shape index (κ3) is 3.87. The SMILES string of the molecule is CC1(C)CCC2C(=O)C[C@H]3C(C)(CC[C@H]4C(C)(C)C(=O)C(C#N)=C[C@@]43C)[C@]2(C)CC[C@@](C)(O)CC1. The summed E-state index contributed by atoms with van der Waals surface area (Å²) < 4.78 is 0. The van der Waals surface area contributed by atoms with E-state index in [0.29, 0.717) is 18.6 Å². The van der Waals surface area contributed by atoms with Gasteiger partial charge in [-0.15, -0.1) is 0 Å². The van der Waals surface area contributed by atoms with Gasteiger partial charge in [-0.2, -0.15) is 5.26 Å². The first-order valence-corrected chi connectivity index (χ1v) is 13.9. The molecule has 4 nitrogen and oxygen atoms in total. The average molecular weight is 482 g/mol. The Morgan fingerprint density at radius 1 is 0.829 bits per heavy atom. The predicted octanol–water partition coefficient (Wildman–Crippen LogP) is 6.81. The van der Waals surface area contributed by atoms with Crippen LogP contribution in [0.3, 0.4) is 0 Å². The third-order valence-electron chi connectivity index (χ3n) is 12.0. The quantitative estimate of drug-likeness (QED) is 0.412. The van der Waals surface area contributed by atoms with Crippen LogP contribution in [0.15, 0.2) is 11.6 Å². The molecule has 0 aliphatic heterocycles. The number of hydrogen-bond acceptors (Lipinski definition) is 4. The highest BCUT2D eigenvalue weighted by Crippen LogP contribution is 2.72. The molecule has 0 radical (unpaired) electrons. The summed E-state index contributed by atoms with van der Waals surface area (Å²) in [6.07, 6.45) is 9.61. The lowest BCUT2D eigenvalue weighted by Gasteiger charge is -2.68. The van der Waals surface area contributed by atoms with Gasteiger partial charge in [0.2, 0.25) is 0 Å². The van der Waals surface area contributed by atoms with Crippen molar-refractivity contribution in [1.82, 2.24) is 0 Å². The van der Waals surface area contributed by atoms with E-state index in [1.165, 1.54) is 0 Å². The van der Waals surface area contributed by atoms with Crippen LogP contribution in [-0.2, 0) is 9.59 Å². The highest BCUT2D eigenvalue weighted by molar-refractivity contribution is 6.04. The Bertz CT molecular complexity index is 997. The zero-order chi connectivity index (χ0) is 26.2. The maximum Gasteiger partial charge on any atom is 0.178 e. The largest absolute Gasteiger partial charge is 0.390 e. The Kier molecular flexibility index (Phi) is 6.09. The van der Waals surface area contributed by atoms with Crippen molar-refractivity contribution in [3.8, 4) is 6.07 Å². The summed E-state index contributed by atoms with van der Waals surface area (Å²) in [5.41, 5.74) is -1.69. The van der Waals surface area contributed by atoms with E-state index < -0.39 is 11.0 Å². The summed E-state index contributed by atoms with van der Waals surface area (Å²) in [5, 5.41) is 21.2. The van der Waals surface area contributed by atoms with Gasteiger partial charge in [0.1, 0.15) is 11.9 Å². The van der Waals surface area contributed by atoms with Crippen LogP contribution in [0.1, 0.15) is 113 Å². The fraction of sp³-hybridized carbons (Fsp3) is 0.839. The molecule has 3 saturated carbocycles. The smallest absolute Gasteiger partial charge is 0.178 e. The molecule has 35 heavy (non-hydrogen) atoms. The van der Waals surface area contributed by atoms with E-state index in [9.17, 15) is 20.0 Å². The van der Waals surface area contributed by atoms with Gasteiger partial charge in [-0.3, -0.25) is 9.59 Å². The first-order valence-electron chi connectivity index (χ1n) is 13.9. The van der Waals surface area contributed by atoms with Gasteiger partial charge in [-0.1, -0.05) is 54.5 Å². The molecule has 4 aliphatic rings. The Morgan fingerprint density at radius 2 is 1.46 bits per heavy atom. The van der Waals surface area contributed by atoms with Crippen molar-refractivity contribution in [2.45, 2.75) is 119 Å². The van der Waals surface area contributed by atoms with Gasteiger partial charge in [0, 0.05) is 17.8 Å². The van der Waals surface area contributed by atoms with Gasteiger partial charge in [0.05, 0.1) is 11.2 Å². The number of aliphatic hydroxyl groups is 1. The summed E-state index contributed by atoms with van der Waals surface area (Å²) in [6.45, 7) is 17.5. The van der Waals surface area contributed by atoms with Crippen molar-refractivity contribution in [1.29, 1.82) is 5.26 Å². The van der Waals surface area contributed by atoms with E-state index in [2.05, 4.69) is 40.7 Å². The molecule has 4 heteroatoms. The van der Waals surface area contributed by atoms with Crippen LogP contribution >= 0.6 is 0 Å². The minimum absolute atomic E-state index is 0.00488. The Balaban J connectivity index is 1.84. The van der Waals surface area contributed by atoms with E-state index in [1.807, 2.05) is 26.8 Å². The highest BCUT2D eigenvalue weighted by Gasteiger charge is 2.68. The van der Waals surface area contributed by atoms with Crippen LogP contribution in [0.5, 0.6) is 0 Å². The van der Waals surface area contributed by atoms with Crippen LogP contribution in [0, 0.1) is 56.2 Å². The Hall–Kier alpha value is -1.47. The first-order chi connectivity index (χ1) is 15.9. The van der Waals surface area contributed by atoms with Crippen molar-refractivity contribution in [3.63, 3.8) is 0 Å². The molecule has 3 fully saturated rings. The van der Waals surface area contributed by atoms with Gasteiger partial charge >= 0.3 is 0 Å². The van der Waals surface area contributed by atoms with Gasteiger partial charge < -0.3 is 5.11 Å². The lowest BCUT2D eigenvalue weighted by molar-refractivity contribution is -0.193. The number of Topliss-reactive ketones (excluding diaryl/α,β-unsaturated/α-hetero) is 2. The van der Waals surface area contributed by atoms with Crippen LogP contribution in [0.25, 0.3) is 0 Å². The second kappa shape index (κ2) is 8.01. The van der Waals surface area contributed by atoms with Crippen molar-refractivity contribution in [3.05, 3.63) is 11.6 Å². The highest BCUT2D eigenvalue weighted by atomic mass is 16.3. The summed E-state index contributed by atoms with van der Waals surface area (Å²) in [7, 11) is 0.